The van der Waals surface area contributed by atoms with Gasteiger partial charge >= 0.3 is 0 Å². The van der Waals surface area contributed by atoms with Crippen LogP contribution in [0.5, 0.6) is 0 Å². The molecule has 1 saturated heterocycles. The lowest BCUT2D eigenvalue weighted by atomic mass is 10.3. The molecular formula is C19H25Cl2N5O. The number of ether oxygens (including phenoxy) is 1. The third-order valence-corrected chi connectivity index (χ3v) is 4.60. The van der Waals surface area contributed by atoms with Crippen LogP contribution in [-0.4, -0.2) is 52.3 Å². The van der Waals surface area contributed by atoms with Gasteiger partial charge in [0.1, 0.15) is 0 Å². The van der Waals surface area contributed by atoms with Crippen molar-refractivity contribution in [3.63, 3.8) is 0 Å². The number of nitrogens with one attached hydrogen (secondary N) is 1. The van der Waals surface area contributed by atoms with E-state index in [-0.39, 0.29) is 24.8 Å². The van der Waals surface area contributed by atoms with Crippen molar-refractivity contribution in [2.24, 2.45) is 0 Å². The van der Waals surface area contributed by atoms with Crippen molar-refractivity contribution in [3.05, 3.63) is 54.4 Å². The third kappa shape index (κ3) is 5.32. The van der Waals surface area contributed by atoms with Crippen molar-refractivity contribution in [3.8, 4) is 0 Å². The van der Waals surface area contributed by atoms with Gasteiger partial charge in [0.15, 0.2) is 0 Å². The maximum Gasteiger partial charge on any atom is 0.204 e. The lowest BCUT2D eigenvalue weighted by molar-refractivity contribution is 0.0366. The van der Waals surface area contributed by atoms with Crippen molar-refractivity contribution < 1.29 is 4.74 Å². The number of benzene rings is 1. The van der Waals surface area contributed by atoms with E-state index in [4.69, 9.17) is 9.72 Å². The molecule has 0 aliphatic carbocycles. The molecule has 3 aromatic rings. The predicted molar refractivity (Wildman–Crippen MR) is 113 cm³/mol. The van der Waals surface area contributed by atoms with E-state index in [2.05, 4.69) is 38.0 Å². The molecule has 0 saturated carbocycles. The van der Waals surface area contributed by atoms with Crippen LogP contribution in [0.4, 0.5) is 5.95 Å². The van der Waals surface area contributed by atoms with E-state index >= 15 is 0 Å². The zero-order valence-corrected chi connectivity index (χ0v) is 16.7. The standard InChI is InChI=1S/C19H23N5O.2ClH/c1-2-4-18-17(3-1)22-19(21-15-16-5-7-20-8-6-16)24(18)10-9-23-11-13-25-14-12-23;;/h1-8H,9-15H2,(H,21,22);2*1H. The largest absolute Gasteiger partial charge is 0.379 e. The molecule has 0 bridgehead atoms. The first kappa shape index (κ1) is 21.4. The molecule has 0 atom stereocenters. The first-order chi connectivity index (χ1) is 12.4. The van der Waals surface area contributed by atoms with Crippen molar-refractivity contribution in [1.29, 1.82) is 0 Å². The van der Waals surface area contributed by atoms with E-state index in [1.807, 2.05) is 30.6 Å². The van der Waals surface area contributed by atoms with Gasteiger partial charge < -0.3 is 14.6 Å². The molecule has 6 nitrogen and oxygen atoms in total. The Morgan fingerprint density at radius 3 is 2.48 bits per heavy atom. The number of pyridine rings is 1. The quantitative estimate of drug-likeness (QED) is 0.677. The number of rotatable bonds is 6. The number of hydrogen-bond acceptors (Lipinski definition) is 5. The number of fused-ring (bicyclic) bond motifs is 1. The molecule has 0 unspecified atom stereocenters. The van der Waals surface area contributed by atoms with Gasteiger partial charge in [0, 0.05) is 45.1 Å². The zero-order chi connectivity index (χ0) is 16.9. The Bertz CT molecular complexity index is 821. The Labute approximate surface area is 171 Å². The van der Waals surface area contributed by atoms with Crippen LogP contribution in [-0.2, 0) is 17.8 Å². The number of aromatic nitrogens is 3. The Morgan fingerprint density at radius 2 is 1.70 bits per heavy atom. The van der Waals surface area contributed by atoms with Gasteiger partial charge in [-0.1, -0.05) is 12.1 Å². The number of halogens is 2. The van der Waals surface area contributed by atoms with Crippen molar-refractivity contribution in [2.75, 3.05) is 38.2 Å². The highest BCUT2D eigenvalue weighted by Crippen LogP contribution is 2.20. The molecule has 2 aromatic heterocycles. The summed E-state index contributed by atoms with van der Waals surface area (Å²) < 4.78 is 7.72. The highest BCUT2D eigenvalue weighted by Gasteiger charge is 2.14. The fourth-order valence-electron chi connectivity index (χ4n) is 3.18. The van der Waals surface area contributed by atoms with Crippen LogP contribution in [0.2, 0.25) is 0 Å². The summed E-state index contributed by atoms with van der Waals surface area (Å²) in [6.45, 7) is 6.34. The molecule has 1 fully saturated rings. The minimum Gasteiger partial charge on any atom is -0.379 e. The summed E-state index contributed by atoms with van der Waals surface area (Å²) in [6, 6.07) is 12.4. The molecule has 146 valence electrons. The molecule has 1 aliphatic heterocycles. The molecule has 1 aliphatic rings. The molecule has 1 N–H and O–H groups in total. The Balaban J connectivity index is 0.00000131. The lowest BCUT2D eigenvalue weighted by Gasteiger charge is -2.27. The maximum atomic E-state index is 5.44. The number of imidazole rings is 1. The van der Waals surface area contributed by atoms with Crippen LogP contribution in [0.3, 0.4) is 0 Å². The fourth-order valence-corrected chi connectivity index (χ4v) is 3.18. The summed E-state index contributed by atoms with van der Waals surface area (Å²) in [6.07, 6.45) is 3.64. The van der Waals surface area contributed by atoms with E-state index in [0.29, 0.717) is 0 Å². The van der Waals surface area contributed by atoms with Crippen LogP contribution in [0.25, 0.3) is 11.0 Å². The number of anilines is 1. The number of para-hydroxylation sites is 2. The van der Waals surface area contributed by atoms with Gasteiger partial charge in [-0.3, -0.25) is 9.88 Å². The Kier molecular flexibility index (Phi) is 8.31. The molecule has 8 heteroatoms. The van der Waals surface area contributed by atoms with E-state index in [9.17, 15) is 0 Å². The van der Waals surface area contributed by atoms with Gasteiger partial charge in [0.2, 0.25) is 5.95 Å². The fraction of sp³-hybridized carbons (Fsp3) is 0.368. The molecule has 27 heavy (non-hydrogen) atoms. The highest BCUT2D eigenvalue weighted by atomic mass is 35.5. The van der Waals surface area contributed by atoms with Gasteiger partial charge in [-0.25, -0.2) is 4.98 Å². The SMILES string of the molecule is Cl.Cl.c1ccc2c(c1)nc(NCc1ccncc1)n2CCN1CCOCC1. The summed E-state index contributed by atoms with van der Waals surface area (Å²) in [5.74, 6) is 0.922. The summed E-state index contributed by atoms with van der Waals surface area (Å²) in [5, 5.41) is 3.49. The van der Waals surface area contributed by atoms with Gasteiger partial charge in [-0.05, 0) is 29.8 Å². The molecule has 4 rings (SSSR count). The molecule has 3 heterocycles. The second-order valence-corrected chi connectivity index (χ2v) is 6.24. The number of nitrogens with zero attached hydrogens (tertiary/aromatic N) is 4. The molecule has 0 spiro atoms. The predicted octanol–water partition coefficient (Wildman–Crippen LogP) is 3.22. The number of hydrogen-bond donors (Lipinski definition) is 1. The zero-order valence-electron chi connectivity index (χ0n) is 15.1. The second-order valence-electron chi connectivity index (χ2n) is 6.24. The van der Waals surface area contributed by atoms with Gasteiger partial charge in [-0.2, -0.15) is 0 Å². The van der Waals surface area contributed by atoms with Crippen molar-refractivity contribution >= 4 is 41.8 Å². The highest BCUT2D eigenvalue weighted by molar-refractivity contribution is 5.85. The van der Waals surface area contributed by atoms with E-state index in [1.54, 1.807) is 0 Å². The topological polar surface area (TPSA) is 55.2 Å². The smallest absolute Gasteiger partial charge is 0.204 e. The van der Waals surface area contributed by atoms with Crippen molar-refractivity contribution in [1.82, 2.24) is 19.4 Å². The van der Waals surface area contributed by atoms with E-state index < -0.39 is 0 Å². The first-order valence-corrected chi connectivity index (χ1v) is 8.78. The third-order valence-electron chi connectivity index (χ3n) is 4.60. The number of morpholine rings is 1. The van der Waals surface area contributed by atoms with Crippen LogP contribution in [0, 0.1) is 0 Å². The lowest BCUT2D eigenvalue weighted by Crippen LogP contribution is -2.38. The van der Waals surface area contributed by atoms with Crippen LogP contribution < -0.4 is 5.32 Å². The van der Waals surface area contributed by atoms with Crippen LogP contribution in [0.1, 0.15) is 5.56 Å². The maximum absolute atomic E-state index is 5.44. The average molecular weight is 410 g/mol. The van der Waals surface area contributed by atoms with Crippen molar-refractivity contribution in [2.45, 2.75) is 13.1 Å². The summed E-state index contributed by atoms with van der Waals surface area (Å²) >= 11 is 0. The van der Waals surface area contributed by atoms with Gasteiger partial charge in [0.05, 0.1) is 24.2 Å². The van der Waals surface area contributed by atoms with E-state index in [1.165, 1.54) is 11.1 Å². The minimum atomic E-state index is 0. The minimum absolute atomic E-state index is 0. The summed E-state index contributed by atoms with van der Waals surface area (Å²) in [7, 11) is 0. The Hall–Kier alpha value is -1.86. The van der Waals surface area contributed by atoms with Gasteiger partial charge in [0.25, 0.3) is 0 Å². The van der Waals surface area contributed by atoms with Gasteiger partial charge in [-0.15, -0.1) is 24.8 Å². The Morgan fingerprint density at radius 1 is 0.963 bits per heavy atom. The first-order valence-electron chi connectivity index (χ1n) is 8.78. The molecular weight excluding hydrogens is 385 g/mol. The normalized spacial score (nSPS) is 14.4. The van der Waals surface area contributed by atoms with Crippen LogP contribution >= 0.6 is 24.8 Å². The second kappa shape index (κ2) is 10.5. The molecule has 1 aromatic carbocycles. The summed E-state index contributed by atoms with van der Waals surface area (Å²) in [4.78, 5) is 11.3. The van der Waals surface area contributed by atoms with E-state index in [0.717, 1.165) is 57.4 Å². The van der Waals surface area contributed by atoms with Crippen LogP contribution in [0.15, 0.2) is 48.8 Å². The molecule has 0 amide bonds. The summed E-state index contributed by atoms with van der Waals surface area (Å²) in [5.41, 5.74) is 3.40. The average Bonchev–Trinajstić information content (AvgIpc) is 3.04. The monoisotopic (exact) mass is 409 g/mol. The molecule has 0 radical (unpaired) electrons.